The minimum atomic E-state index is -0.539. The van der Waals surface area contributed by atoms with Crippen LogP contribution < -0.4 is 0 Å². The molecule has 2 heterocycles. The molecule has 1 aromatic heterocycles. The van der Waals surface area contributed by atoms with Crippen molar-refractivity contribution in [3.8, 4) is 11.3 Å². The second-order valence-corrected chi connectivity index (χ2v) is 8.36. The van der Waals surface area contributed by atoms with Gasteiger partial charge in [-0.1, -0.05) is 35.3 Å². The predicted octanol–water partition coefficient (Wildman–Crippen LogP) is 6.40. The van der Waals surface area contributed by atoms with Crippen LogP contribution in [0.2, 0.25) is 10.0 Å². The van der Waals surface area contributed by atoms with E-state index < -0.39 is 10.8 Å². The molecular weight excluding hydrogens is 463 g/mol. The lowest BCUT2D eigenvalue weighted by atomic mass is 10.1. The number of rotatable bonds is 5. The minimum Gasteiger partial charge on any atom is -0.457 e. The monoisotopic (exact) mass is 474 g/mol. The maximum absolute atomic E-state index is 12.7. The molecule has 0 aliphatic carbocycles. The van der Waals surface area contributed by atoms with Gasteiger partial charge in [0.2, 0.25) is 0 Å². The third kappa shape index (κ3) is 4.51. The predicted molar refractivity (Wildman–Crippen MR) is 119 cm³/mol. The van der Waals surface area contributed by atoms with E-state index >= 15 is 0 Å². The van der Waals surface area contributed by atoms with Crippen LogP contribution in [0.15, 0.2) is 63.9 Å². The molecule has 7 nitrogen and oxygen atoms in total. The number of furan rings is 1. The molecule has 0 atom stereocenters. The lowest BCUT2D eigenvalue weighted by Gasteiger charge is -2.12. The first-order valence-electron chi connectivity index (χ1n) is 8.86. The van der Waals surface area contributed by atoms with Crippen molar-refractivity contribution in [1.82, 2.24) is 4.90 Å². The van der Waals surface area contributed by atoms with Crippen LogP contribution in [-0.2, 0) is 11.3 Å². The van der Waals surface area contributed by atoms with Gasteiger partial charge in [0.05, 0.1) is 21.4 Å². The Labute approximate surface area is 190 Å². The highest BCUT2D eigenvalue weighted by Gasteiger charge is 2.35. The van der Waals surface area contributed by atoms with Crippen molar-refractivity contribution in [3.63, 3.8) is 0 Å². The number of benzene rings is 2. The van der Waals surface area contributed by atoms with Gasteiger partial charge in [-0.3, -0.25) is 24.6 Å². The average molecular weight is 475 g/mol. The second kappa shape index (κ2) is 8.58. The number of non-ortho nitro benzene ring substituents is 1. The Bertz CT molecular complexity index is 1250. The fraction of sp³-hybridized carbons (Fsp3) is 0.0476. The molecule has 10 heteroatoms. The zero-order chi connectivity index (χ0) is 22.1. The number of halogens is 2. The van der Waals surface area contributed by atoms with E-state index in [9.17, 15) is 19.7 Å². The summed E-state index contributed by atoms with van der Waals surface area (Å²) in [6.45, 7) is 0.115. The maximum Gasteiger partial charge on any atom is 0.293 e. The minimum absolute atomic E-state index is 0.115. The molecule has 31 heavy (non-hydrogen) atoms. The lowest BCUT2D eigenvalue weighted by Crippen LogP contribution is -2.27. The Hall–Kier alpha value is -3.07. The van der Waals surface area contributed by atoms with Gasteiger partial charge in [-0.2, -0.15) is 0 Å². The van der Waals surface area contributed by atoms with Gasteiger partial charge in [0.1, 0.15) is 11.5 Å². The highest BCUT2D eigenvalue weighted by atomic mass is 35.5. The highest BCUT2D eigenvalue weighted by molar-refractivity contribution is 8.18. The van der Waals surface area contributed by atoms with Gasteiger partial charge in [0, 0.05) is 28.8 Å². The number of carbonyl (C=O) groups is 2. The van der Waals surface area contributed by atoms with Crippen molar-refractivity contribution in [2.45, 2.75) is 6.54 Å². The van der Waals surface area contributed by atoms with E-state index in [0.717, 1.165) is 22.2 Å². The largest absolute Gasteiger partial charge is 0.457 e. The first kappa shape index (κ1) is 21.2. The Kier molecular flexibility index (Phi) is 5.86. The smallest absolute Gasteiger partial charge is 0.293 e. The number of hydrogen-bond donors (Lipinski definition) is 0. The Morgan fingerprint density at radius 2 is 1.90 bits per heavy atom. The molecule has 1 aliphatic rings. The van der Waals surface area contributed by atoms with E-state index in [2.05, 4.69) is 0 Å². The fourth-order valence-electron chi connectivity index (χ4n) is 2.98. The Morgan fingerprint density at radius 3 is 2.61 bits per heavy atom. The van der Waals surface area contributed by atoms with Gasteiger partial charge in [-0.05, 0) is 47.7 Å². The molecule has 4 rings (SSSR count). The summed E-state index contributed by atoms with van der Waals surface area (Å²) in [6, 6.07) is 14.2. The number of nitro benzene ring substituents is 1. The summed E-state index contributed by atoms with van der Waals surface area (Å²) in [5.74, 6) is 0.295. The zero-order valence-corrected chi connectivity index (χ0v) is 17.9. The maximum atomic E-state index is 12.7. The van der Waals surface area contributed by atoms with Gasteiger partial charge < -0.3 is 4.42 Å². The molecule has 156 valence electrons. The summed E-state index contributed by atoms with van der Waals surface area (Å²) in [5.41, 5.74) is 1.08. The molecular formula is C21H12Cl2N2O5S. The van der Waals surface area contributed by atoms with Crippen molar-refractivity contribution in [3.05, 3.63) is 91.0 Å². The topological polar surface area (TPSA) is 93.7 Å². The van der Waals surface area contributed by atoms with Gasteiger partial charge in [-0.15, -0.1) is 0 Å². The van der Waals surface area contributed by atoms with E-state index in [1.165, 1.54) is 24.3 Å². The van der Waals surface area contributed by atoms with Crippen LogP contribution in [0.5, 0.6) is 0 Å². The van der Waals surface area contributed by atoms with Crippen molar-refractivity contribution >= 4 is 57.9 Å². The summed E-state index contributed by atoms with van der Waals surface area (Å²) >= 11 is 12.9. The standard InChI is InChI=1S/C21H12Cl2N2O5S/c22-13-3-1-2-12(8-13)11-24-20(26)19(31-21(24)27)10-15-5-7-18(30-15)16-6-4-14(25(28)29)9-17(16)23/h1-10H,11H2/b19-10-. The molecule has 1 aliphatic heterocycles. The van der Waals surface area contributed by atoms with E-state index in [0.29, 0.717) is 22.1 Å². The van der Waals surface area contributed by atoms with Crippen LogP contribution >= 0.6 is 35.0 Å². The van der Waals surface area contributed by atoms with Crippen LogP contribution in [0.25, 0.3) is 17.4 Å². The lowest BCUT2D eigenvalue weighted by molar-refractivity contribution is -0.384. The third-order valence-corrected chi connectivity index (χ3v) is 5.89. The number of amides is 2. The van der Waals surface area contributed by atoms with Crippen molar-refractivity contribution in [2.75, 3.05) is 0 Å². The number of imide groups is 1. The van der Waals surface area contributed by atoms with Gasteiger partial charge in [0.15, 0.2) is 0 Å². The molecule has 1 fully saturated rings. The molecule has 0 N–H and O–H groups in total. The third-order valence-electron chi connectivity index (χ3n) is 4.43. The fourth-order valence-corrected chi connectivity index (χ4v) is 4.28. The van der Waals surface area contributed by atoms with E-state index in [1.807, 2.05) is 0 Å². The van der Waals surface area contributed by atoms with Gasteiger partial charge in [0.25, 0.3) is 16.8 Å². The molecule has 0 spiro atoms. The summed E-state index contributed by atoms with van der Waals surface area (Å²) < 4.78 is 5.72. The van der Waals surface area contributed by atoms with Crippen molar-refractivity contribution in [2.24, 2.45) is 0 Å². The second-order valence-electron chi connectivity index (χ2n) is 6.52. The molecule has 2 amide bonds. The highest BCUT2D eigenvalue weighted by Crippen LogP contribution is 2.36. The van der Waals surface area contributed by atoms with Crippen molar-refractivity contribution in [1.29, 1.82) is 0 Å². The normalized spacial score (nSPS) is 15.2. The number of hydrogen-bond acceptors (Lipinski definition) is 6. The van der Waals surface area contributed by atoms with Gasteiger partial charge >= 0.3 is 0 Å². The molecule has 0 unspecified atom stereocenters. The summed E-state index contributed by atoms with van der Waals surface area (Å²) in [6.07, 6.45) is 1.48. The van der Waals surface area contributed by atoms with Crippen molar-refractivity contribution < 1.29 is 18.9 Å². The summed E-state index contributed by atoms with van der Waals surface area (Å²) in [5, 5.41) is 11.2. The van der Waals surface area contributed by atoms with E-state index in [-0.39, 0.29) is 27.4 Å². The number of thioether (sulfide) groups is 1. The van der Waals surface area contributed by atoms with Crippen LogP contribution in [0.3, 0.4) is 0 Å². The molecule has 0 saturated carbocycles. The van der Waals surface area contributed by atoms with Crippen LogP contribution in [0.1, 0.15) is 11.3 Å². The molecule has 1 saturated heterocycles. The Balaban J connectivity index is 1.55. The number of nitrogens with zero attached hydrogens (tertiary/aromatic N) is 2. The molecule has 0 bridgehead atoms. The number of carbonyl (C=O) groups excluding carboxylic acids is 2. The van der Waals surface area contributed by atoms with Crippen LogP contribution in [0, 0.1) is 10.1 Å². The summed E-state index contributed by atoms with van der Waals surface area (Å²) in [7, 11) is 0. The van der Waals surface area contributed by atoms with E-state index in [1.54, 1.807) is 36.4 Å². The quantitative estimate of drug-likeness (QED) is 0.241. The van der Waals surface area contributed by atoms with Gasteiger partial charge in [-0.25, -0.2) is 0 Å². The van der Waals surface area contributed by atoms with Crippen LogP contribution in [-0.4, -0.2) is 21.0 Å². The number of nitro groups is 1. The zero-order valence-electron chi connectivity index (χ0n) is 15.6. The van der Waals surface area contributed by atoms with Crippen LogP contribution in [0.4, 0.5) is 10.5 Å². The Morgan fingerprint density at radius 1 is 1.10 bits per heavy atom. The SMILES string of the molecule is O=C1S/C(=C\c2ccc(-c3ccc([N+](=O)[O-])cc3Cl)o2)C(=O)N1Cc1cccc(Cl)c1. The average Bonchev–Trinajstić information content (AvgIpc) is 3.28. The first-order valence-corrected chi connectivity index (χ1v) is 10.4. The molecule has 3 aromatic rings. The first-order chi connectivity index (χ1) is 14.8. The summed E-state index contributed by atoms with van der Waals surface area (Å²) in [4.78, 5) is 36.7. The van der Waals surface area contributed by atoms with E-state index in [4.69, 9.17) is 27.6 Å². The molecule has 2 aromatic carbocycles. The molecule has 0 radical (unpaired) electrons.